The summed E-state index contributed by atoms with van der Waals surface area (Å²) >= 11 is 2.18. The number of cyclic esters (lactones) is 1. The van der Waals surface area contributed by atoms with Crippen LogP contribution < -0.4 is 0 Å². The Morgan fingerprint density at radius 1 is 1.16 bits per heavy atom. The van der Waals surface area contributed by atoms with Gasteiger partial charge in [-0.05, 0) is 46.9 Å². The van der Waals surface area contributed by atoms with Crippen molar-refractivity contribution in [3.63, 3.8) is 0 Å². The normalized spacial score (nSPS) is 16.6. The Labute approximate surface area is 122 Å². The van der Waals surface area contributed by atoms with Gasteiger partial charge in [0, 0.05) is 9.65 Å². The van der Waals surface area contributed by atoms with E-state index in [-0.39, 0.29) is 5.70 Å². The molecule has 1 aromatic heterocycles. The average Bonchev–Trinajstić information content (AvgIpc) is 3.02. The van der Waals surface area contributed by atoms with Gasteiger partial charge in [-0.1, -0.05) is 12.1 Å². The monoisotopic (exact) mass is 365 g/mol. The molecule has 94 valence electrons. The van der Waals surface area contributed by atoms with Crippen LogP contribution in [0.5, 0.6) is 0 Å². The smallest absolute Gasteiger partial charge is 0.363 e. The van der Waals surface area contributed by atoms with Crippen LogP contribution >= 0.6 is 22.6 Å². The SMILES string of the molecule is O=C1OC(c2ccccc2I)=N/C1=C\c1ccco1. The van der Waals surface area contributed by atoms with Crippen LogP contribution in [-0.4, -0.2) is 11.9 Å². The first-order valence-corrected chi connectivity index (χ1v) is 6.63. The second-order valence-electron chi connectivity index (χ2n) is 3.83. The molecule has 1 aliphatic heterocycles. The minimum Gasteiger partial charge on any atom is -0.465 e. The number of furan rings is 1. The molecule has 0 radical (unpaired) electrons. The van der Waals surface area contributed by atoms with Gasteiger partial charge in [0.1, 0.15) is 5.76 Å². The molecular weight excluding hydrogens is 357 g/mol. The van der Waals surface area contributed by atoms with Crippen LogP contribution in [0.15, 0.2) is 57.8 Å². The predicted octanol–water partition coefficient (Wildman–Crippen LogP) is 3.23. The summed E-state index contributed by atoms with van der Waals surface area (Å²) in [6.45, 7) is 0. The highest BCUT2D eigenvalue weighted by Gasteiger charge is 2.25. The molecule has 4 nitrogen and oxygen atoms in total. The van der Waals surface area contributed by atoms with E-state index in [2.05, 4.69) is 27.6 Å². The summed E-state index contributed by atoms with van der Waals surface area (Å²) in [6, 6.07) is 11.1. The quantitative estimate of drug-likeness (QED) is 0.467. The lowest BCUT2D eigenvalue weighted by atomic mass is 10.2. The second kappa shape index (κ2) is 5.00. The number of ether oxygens (including phenoxy) is 1. The summed E-state index contributed by atoms with van der Waals surface area (Å²) in [5.74, 6) is 0.429. The fourth-order valence-corrected chi connectivity index (χ4v) is 2.29. The first-order valence-electron chi connectivity index (χ1n) is 5.55. The summed E-state index contributed by atoms with van der Waals surface area (Å²) in [7, 11) is 0. The van der Waals surface area contributed by atoms with Crippen molar-refractivity contribution < 1.29 is 13.9 Å². The Morgan fingerprint density at radius 3 is 2.74 bits per heavy atom. The van der Waals surface area contributed by atoms with Gasteiger partial charge in [-0.2, -0.15) is 0 Å². The maximum Gasteiger partial charge on any atom is 0.363 e. The zero-order valence-electron chi connectivity index (χ0n) is 9.67. The molecular formula is C14H8INO3. The van der Waals surface area contributed by atoms with Crippen molar-refractivity contribution in [2.75, 3.05) is 0 Å². The van der Waals surface area contributed by atoms with Crippen LogP contribution in [0.25, 0.3) is 6.08 Å². The van der Waals surface area contributed by atoms with Gasteiger partial charge in [0.2, 0.25) is 5.90 Å². The molecule has 0 unspecified atom stereocenters. The molecule has 0 N–H and O–H groups in total. The van der Waals surface area contributed by atoms with Gasteiger partial charge in [-0.15, -0.1) is 0 Å². The second-order valence-corrected chi connectivity index (χ2v) is 4.99. The van der Waals surface area contributed by atoms with Crippen molar-refractivity contribution >= 4 is 40.5 Å². The Bertz CT molecular complexity index is 686. The third-order valence-corrected chi connectivity index (χ3v) is 3.49. The van der Waals surface area contributed by atoms with Gasteiger partial charge >= 0.3 is 5.97 Å². The van der Waals surface area contributed by atoms with Crippen molar-refractivity contribution in [2.45, 2.75) is 0 Å². The van der Waals surface area contributed by atoms with Gasteiger partial charge in [0.15, 0.2) is 5.70 Å². The number of hydrogen-bond donors (Lipinski definition) is 0. The molecule has 0 saturated carbocycles. The van der Waals surface area contributed by atoms with Gasteiger partial charge in [0.05, 0.1) is 11.8 Å². The van der Waals surface area contributed by atoms with E-state index in [9.17, 15) is 4.79 Å². The van der Waals surface area contributed by atoms with E-state index in [1.165, 1.54) is 6.26 Å². The minimum atomic E-state index is -0.467. The first kappa shape index (κ1) is 12.2. The maximum absolute atomic E-state index is 11.7. The van der Waals surface area contributed by atoms with E-state index in [4.69, 9.17) is 9.15 Å². The number of hydrogen-bond acceptors (Lipinski definition) is 4. The maximum atomic E-state index is 11.7. The molecule has 0 saturated heterocycles. The topological polar surface area (TPSA) is 51.8 Å². The van der Waals surface area contributed by atoms with Crippen LogP contribution in [0.4, 0.5) is 0 Å². The van der Waals surface area contributed by atoms with E-state index < -0.39 is 5.97 Å². The Hall–Kier alpha value is -1.89. The van der Waals surface area contributed by atoms with Gasteiger partial charge < -0.3 is 9.15 Å². The molecule has 0 spiro atoms. The molecule has 0 fully saturated rings. The molecule has 5 heteroatoms. The zero-order chi connectivity index (χ0) is 13.2. The lowest BCUT2D eigenvalue weighted by molar-refractivity contribution is -0.129. The average molecular weight is 365 g/mol. The van der Waals surface area contributed by atoms with Crippen LogP contribution in [-0.2, 0) is 9.53 Å². The van der Waals surface area contributed by atoms with E-state index in [0.29, 0.717) is 11.7 Å². The summed E-state index contributed by atoms with van der Waals surface area (Å²) in [5, 5.41) is 0. The Balaban J connectivity index is 1.98. The molecule has 1 aromatic carbocycles. The van der Waals surface area contributed by atoms with Crippen molar-refractivity contribution in [3.8, 4) is 0 Å². The van der Waals surface area contributed by atoms with Crippen molar-refractivity contribution in [1.29, 1.82) is 0 Å². The highest BCUT2D eigenvalue weighted by atomic mass is 127. The van der Waals surface area contributed by atoms with Gasteiger partial charge in [0.25, 0.3) is 0 Å². The first-order chi connectivity index (χ1) is 9.24. The third kappa shape index (κ3) is 2.46. The number of aliphatic imine (C=N–C) groups is 1. The third-order valence-electron chi connectivity index (χ3n) is 2.55. The lowest BCUT2D eigenvalue weighted by Gasteiger charge is -2.01. The Morgan fingerprint density at radius 2 is 2.00 bits per heavy atom. The molecule has 0 aliphatic carbocycles. The fraction of sp³-hybridized carbons (Fsp3) is 0. The molecule has 0 atom stereocenters. The minimum absolute atomic E-state index is 0.240. The summed E-state index contributed by atoms with van der Waals surface area (Å²) < 4.78 is 11.3. The molecule has 0 bridgehead atoms. The number of carbonyl (C=O) groups is 1. The number of rotatable bonds is 2. The number of benzene rings is 1. The van der Waals surface area contributed by atoms with Crippen molar-refractivity contribution in [2.24, 2.45) is 4.99 Å². The summed E-state index contributed by atoms with van der Waals surface area (Å²) in [5.41, 5.74) is 1.05. The highest BCUT2D eigenvalue weighted by Crippen LogP contribution is 2.21. The van der Waals surface area contributed by atoms with Crippen LogP contribution in [0.2, 0.25) is 0 Å². The summed E-state index contributed by atoms with van der Waals surface area (Å²) in [4.78, 5) is 16.0. The van der Waals surface area contributed by atoms with E-state index in [1.807, 2.05) is 24.3 Å². The van der Waals surface area contributed by atoms with Crippen LogP contribution in [0.1, 0.15) is 11.3 Å². The number of nitrogens with zero attached hydrogens (tertiary/aromatic N) is 1. The zero-order valence-corrected chi connectivity index (χ0v) is 11.8. The fourth-order valence-electron chi connectivity index (χ4n) is 1.67. The number of halogens is 1. The standard InChI is InChI=1S/C14H8INO3/c15-11-6-2-1-5-10(11)13-16-12(14(17)19-13)8-9-4-3-7-18-9/h1-8H/b12-8-. The summed E-state index contributed by atoms with van der Waals surface area (Å²) in [6.07, 6.45) is 3.10. The van der Waals surface area contributed by atoms with Crippen molar-refractivity contribution in [3.05, 3.63) is 63.3 Å². The predicted molar refractivity (Wildman–Crippen MR) is 78.5 cm³/mol. The van der Waals surface area contributed by atoms with Gasteiger partial charge in [-0.25, -0.2) is 9.79 Å². The van der Waals surface area contributed by atoms with E-state index in [1.54, 1.807) is 18.2 Å². The number of carbonyl (C=O) groups excluding carboxylic acids is 1. The molecule has 2 heterocycles. The molecule has 0 amide bonds. The molecule has 19 heavy (non-hydrogen) atoms. The largest absolute Gasteiger partial charge is 0.465 e. The van der Waals surface area contributed by atoms with Crippen LogP contribution in [0, 0.1) is 3.57 Å². The molecule has 3 rings (SSSR count). The van der Waals surface area contributed by atoms with Crippen LogP contribution in [0.3, 0.4) is 0 Å². The number of esters is 1. The van der Waals surface area contributed by atoms with E-state index >= 15 is 0 Å². The lowest BCUT2D eigenvalue weighted by Crippen LogP contribution is -2.06. The van der Waals surface area contributed by atoms with Gasteiger partial charge in [-0.3, -0.25) is 0 Å². The highest BCUT2D eigenvalue weighted by molar-refractivity contribution is 14.1. The van der Waals surface area contributed by atoms with Crippen molar-refractivity contribution in [1.82, 2.24) is 0 Å². The molecule has 1 aliphatic rings. The Kier molecular flexibility index (Phi) is 3.20. The molecule has 2 aromatic rings. The van der Waals surface area contributed by atoms with E-state index in [0.717, 1.165) is 9.13 Å².